The Morgan fingerprint density at radius 2 is 1.80 bits per heavy atom. The molecule has 2 rings (SSSR count). The van der Waals surface area contributed by atoms with E-state index in [1.54, 1.807) is 0 Å². The van der Waals surface area contributed by atoms with E-state index in [0.717, 1.165) is 25.8 Å². The van der Waals surface area contributed by atoms with Crippen LogP contribution in [0.5, 0.6) is 0 Å². The quantitative estimate of drug-likeness (QED) is 0.857. The first kappa shape index (κ1) is 15.5. The zero-order chi connectivity index (χ0) is 14.9. The molecule has 3 nitrogen and oxygen atoms in total. The van der Waals surface area contributed by atoms with Crippen molar-refractivity contribution in [2.24, 2.45) is 0 Å². The molecule has 0 radical (unpaired) electrons. The average Bonchev–Trinajstić information content (AvgIpc) is 2.82. The third kappa shape index (κ3) is 3.23. The maximum absolute atomic E-state index is 11.9. The van der Waals surface area contributed by atoms with Gasteiger partial charge in [0.15, 0.2) is 9.84 Å². The molecule has 1 aliphatic carbocycles. The Labute approximate surface area is 122 Å². The molecule has 0 heterocycles. The lowest BCUT2D eigenvalue weighted by Gasteiger charge is -2.29. The van der Waals surface area contributed by atoms with Gasteiger partial charge in [0.2, 0.25) is 0 Å². The van der Waals surface area contributed by atoms with Crippen molar-refractivity contribution >= 4 is 9.84 Å². The molecule has 2 atom stereocenters. The van der Waals surface area contributed by atoms with Crippen LogP contribution < -0.4 is 0 Å². The Hall–Kier alpha value is -0.870. The highest BCUT2D eigenvalue weighted by Crippen LogP contribution is 2.30. The van der Waals surface area contributed by atoms with Crippen molar-refractivity contribution in [3.8, 4) is 0 Å². The Morgan fingerprint density at radius 3 is 2.35 bits per heavy atom. The Balaban J connectivity index is 2.18. The van der Waals surface area contributed by atoms with Crippen molar-refractivity contribution in [3.05, 3.63) is 34.9 Å². The van der Waals surface area contributed by atoms with Crippen LogP contribution in [0.25, 0.3) is 0 Å². The summed E-state index contributed by atoms with van der Waals surface area (Å²) in [7, 11) is -0.895. The minimum Gasteiger partial charge on any atom is -0.298 e. The molecule has 0 unspecified atom stereocenters. The van der Waals surface area contributed by atoms with Crippen molar-refractivity contribution in [1.82, 2.24) is 4.90 Å². The first-order valence-corrected chi connectivity index (χ1v) is 9.20. The molecule has 112 valence electrons. The second kappa shape index (κ2) is 5.86. The topological polar surface area (TPSA) is 37.4 Å². The van der Waals surface area contributed by atoms with Gasteiger partial charge in [-0.25, -0.2) is 8.42 Å². The van der Waals surface area contributed by atoms with Crippen LogP contribution in [0, 0.1) is 13.8 Å². The minimum atomic E-state index is -2.95. The van der Waals surface area contributed by atoms with E-state index in [1.807, 2.05) is 0 Å². The number of sulfone groups is 1. The van der Waals surface area contributed by atoms with Gasteiger partial charge in [0.25, 0.3) is 0 Å². The molecule has 0 bridgehead atoms. The van der Waals surface area contributed by atoms with Crippen molar-refractivity contribution in [1.29, 1.82) is 0 Å². The molecule has 0 aliphatic heterocycles. The number of benzene rings is 1. The van der Waals surface area contributed by atoms with Gasteiger partial charge < -0.3 is 0 Å². The lowest BCUT2D eigenvalue weighted by atomic mass is 10.0. The fourth-order valence-corrected chi connectivity index (χ4v) is 4.88. The summed E-state index contributed by atoms with van der Waals surface area (Å²) in [6.45, 7) is 5.08. The molecule has 1 fully saturated rings. The van der Waals surface area contributed by atoms with E-state index in [2.05, 4.69) is 44.0 Å². The van der Waals surface area contributed by atoms with Crippen LogP contribution in [0.4, 0.5) is 0 Å². The number of rotatable bonds is 4. The summed E-state index contributed by atoms with van der Waals surface area (Å²) in [4.78, 5) is 2.23. The second-order valence-corrected chi connectivity index (χ2v) is 8.42. The van der Waals surface area contributed by atoms with Crippen LogP contribution in [0.15, 0.2) is 18.2 Å². The molecule has 0 amide bonds. The molecule has 4 heteroatoms. The monoisotopic (exact) mass is 295 g/mol. The molecule has 1 aromatic carbocycles. The van der Waals surface area contributed by atoms with Crippen LogP contribution in [0.2, 0.25) is 0 Å². The molecule has 1 saturated carbocycles. The maximum Gasteiger partial charge on any atom is 0.151 e. The summed E-state index contributed by atoms with van der Waals surface area (Å²) in [5.41, 5.74) is 3.89. The largest absolute Gasteiger partial charge is 0.298 e. The average molecular weight is 295 g/mol. The van der Waals surface area contributed by atoms with Gasteiger partial charge in [-0.05, 0) is 50.4 Å². The smallest absolute Gasteiger partial charge is 0.151 e. The summed E-state index contributed by atoms with van der Waals surface area (Å²) in [6, 6.07) is 6.48. The van der Waals surface area contributed by atoms with Crippen LogP contribution in [-0.2, 0) is 16.4 Å². The molecule has 20 heavy (non-hydrogen) atoms. The van der Waals surface area contributed by atoms with E-state index in [9.17, 15) is 8.42 Å². The van der Waals surface area contributed by atoms with Crippen LogP contribution in [0.1, 0.15) is 36.0 Å². The summed E-state index contributed by atoms with van der Waals surface area (Å²) in [5.74, 6) is 0. The highest BCUT2D eigenvalue weighted by molar-refractivity contribution is 7.91. The number of nitrogens with zero attached hydrogens (tertiary/aromatic N) is 1. The highest BCUT2D eigenvalue weighted by atomic mass is 32.2. The molecule has 0 N–H and O–H groups in total. The van der Waals surface area contributed by atoms with E-state index in [0.29, 0.717) is 0 Å². The van der Waals surface area contributed by atoms with Gasteiger partial charge in [-0.15, -0.1) is 0 Å². The summed E-state index contributed by atoms with van der Waals surface area (Å²) in [6.07, 6.45) is 4.18. The summed E-state index contributed by atoms with van der Waals surface area (Å²) >= 11 is 0. The van der Waals surface area contributed by atoms with Crippen molar-refractivity contribution < 1.29 is 8.42 Å². The zero-order valence-corrected chi connectivity index (χ0v) is 13.7. The zero-order valence-electron chi connectivity index (χ0n) is 12.9. The van der Waals surface area contributed by atoms with Crippen LogP contribution >= 0.6 is 0 Å². The molecule has 1 aromatic rings. The lowest BCUT2D eigenvalue weighted by Crippen LogP contribution is -2.41. The van der Waals surface area contributed by atoms with E-state index in [1.165, 1.54) is 22.9 Å². The molecule has 1 aliphatic rings. The van der Waals surface area contributed by atoms with Gasteiger partial charge in [-0.1, -0.05) is 24.6 Å². The second-order valence-electron chi connectivity index (χ2n) is 6.15. The fraction of sp³-hybridized carbons (Fsp3) is 0.625. The Kier molecular flexibility index (Phi) is 4.55. The van der Waals surface area contributed by atoms with Crippen molar-refractivity contribution in [2.75, 3.05) is 13.3 Å². The maximum atomic E-state index is 11.9. The van der Waals surface area contributed by atoms with Crippen molar-refractivity contribution in [2.45, 2.75) is 50.9 Å². The Morgan fingerprint density at radius 1 is 1.20 bits per heavy atom. The van der Waals surface area contributed by atoms with Crippen LogP contribution in [0.3, 0.4) is 0 Å². The summed E-state index contributed by atoms with van der Waals surface area (Å²) in [5, 5.41) is -0.197. The van der Waals surface area contributed by atoms with Gasteiger partial charge in [-0.2, -0.15) is 0 Å². The highest BCUT2D eigenvalue weighted by Gasteiger charge is 2.37. The van der Waals surface area contributed by atoms with E-state index < -0.39 is 9.84 Å². The Bertz CT molecular complexity index is 560. The van der Waals surface area contributed by atoms with Crippen molar-refractivity contribution in [3.63, 3.8) is 0 Å². The molecule has 0 spiro atoms. The molecule has 0 saturated heterocycles. The van der Waals surface area contributed by atoms with E-state index in [4.69, 9.17) is 0 Å². The van der Waals surface area contributed by atoms with Gasteiger partial charge in [0.05, 0.1) is 5.25 Å². The number of hydrogen-bond donors (Lipinski definition) is 0. The predicted octanol–water partition coefficient (Wildman–Crippen LogP) is 2.70. The molecule has 0 aromatic heterocycles. The molecular weight excluding hydrogens is 270 g/mol. The minimum absolute atomic E-state index is 0.156. The van der Waals surface area contributed by atoms with Gasteiger partial charge in [0, 0.05) is 18.8 Å². The van der Waals surface area contributed by atoms with E-state index >= 15 is 0 Å². The van der Waals surface area contributed by atoms with Gasteiger partial charge in [-0.3, -0.25) is 4.90 Å². The van der Waals surface area contributed by atoms with Crippen LogP contribution in [-0.4, -0.2) is 37.9 Å². The number of aryl methyl sites for hydroxylation is 2. The fourth-order valence-electron chi connectivity index (χ4n) is 3.38. The third-order valence-electron chi connectivity index (χ3n) is 4.59. The number of hydrogen-bond acceptors (Lipinski definition) is 3. The normalized spacial score (nSPS) is 23.4. The predicted molar refractivity (Wildman–Crippen MR) is 83.7 cm³/mol. The lowest BCUT2D eigenvalue weighted by molar-refractivity contribution is 0.238. The first-order chi connectivity index (χ1) is 9.30. The summed E-state index contributed by atoms with van der Waals surface area (Å²) < 4.78 is 23.8. The van der Waals surface area contributed by atoms with E-state index in [-0.39, 0.29) is 11.3 Å². The molecular formula is C16H25NO2S. The SMILES string of the molecule is Cc1cccc(C)c1CN(C)[C@@H]1CCC[C@@H]1S(C)(=O)=O. The first-order valence-electron chi connectivity index (χ1n) is 7.25. The third-order valence-corrected chi connectivity index (χ3v) is 6.24. The van der Waals surface area contributed by atoms with Gasteiger partial charge in [0.1, 0.15) is 0 Å². The standard InChI is InChI=1S/C16H25NO2S/c1-12-7-5-8-13(2)14(12)11-17(3)15-9-6-10-16(15)20(4,18)19/h5,7-8,15-16H,6,9-11H2,1-4H3/t15-,16+/m1/s1. The van der Waals surface area contributed by atoms with Gasteiger partial charge >= 0.3 is 0 Å².